The largest absolute Gasteiger partial charge is 0.507 e. The van der Waals surface area contributed by atoms with Crippen molar-refractivity contribution < 1.29 is 5.11 Å². The van der Waals surface area contributed by atoms with E-state index in [2.05, 4.69) is 5.11 Å². The van der Waals surface area contributed by atoms with Crippen molar-refractivity contribution in [1.29, 1.82) is 5.53 Å². The molecule has 0 aliphatic rings. The lowest BCUT2D eigenvalue weighted by Crippen LogP contribution is -1.79. The van der Waals surface area contributed by atoms with Crippen LogP contribution in [-0.2, 0) is 0 Å². The van der Waals surface area contributed by atoms with Gasteiger partial charge in [-0.2, -0.15) is 5.11 Å². The van der Waals surface area contributed by atoms with Gasteiger partial charge in [0.25, 0.3) is 0 Å². The number of nitrogens with one attached hydrogen (secondary N) is 1. The van der Waals surface area contributed by atoms with E-state index < -0.39 is 0 Å². The lowest BCUT2D eigenvalue weighted by molar-refractivity contribution is 0.473. The molecule has 0 fully saturated rings. The van der Waals surface area contributed by atoms with Crippen molar-refractivity contribution in [2.75, 3.05) is 0 Å². The summed E-state index contributed by atoms with van der Waals surface area (Å²) in [5.41, 5.74) is 7.91. The molecule has 1 aromatic carbocycles. The number of benzene rings is 1. The van der Waals surface area contributed by atoms with Gasteiger partial charge in [-0.3, -0.25) is 0 Å². The van der Waals surface area contributed by atoms with Gasteiger partial charge < -0.3 is 5.11 Å². The van der Waals surface area contributed by atoms with Crippen molar-refractivity contribution in [1.82, 2.24) is 0 Å². The molecule has 12 heavy (non-hydrogen) atoms. The van der Waals surface area contributed by atoms with Crippen LogP contribution >= 0.6 is 0 Å². The van der Waals surface area contributed by atoms with Gasteiger partial charge in [-0.15, -0.1) is 0 Å². The monoisotopic (exact) mass is 162 g/mol. The summed E-state index contributed by atoms with van der Waals surface area (Å²) < 4.78 is 0. The average Bonchev–Trinajstić information content (AvgIpc) is 2.10. The van der Waals surface area contributed by atoms with Crippen molar-refractivity contribution in [3.05, 3.63) is 35.9 Å². The molecule has 0 amide bonds. The molecule has 2 N–H and O–H groups in total. The van der Waals surface area contributed by atoms with Gasteiger partial charge >= 0.3 is 0 Å². The molecule has 62 valence electrons. The van der Waals surface area contributed by atoms with Crippen molar-refractivity contribution in [2.45, 2.75) is 6.92 Å². The highest BCUT2D eigenvalue weighted by Gasteiger charge is 2.02. The Morgan fingerprint density at radius 1 is 1.50 bits per heavy atom. The molecule has 0 saturated carbocycles. The predicted molar refractivity (Wildman–Crippen MR) is 46.9 cm³/mol. The van der Waals surface area contributed by atoms with Crippen LogP contribution in [0.5, 0.6) is 5.75 Å². The summed E-state index contributed by atoms with van der Waals surface area (Å²) in [7, 11) is 0. The second-order valence-electron chi connectivity index (χ2n) is 2.30. The van der Waals surface area contributed by atoms with E-state index in [0.717, 1.165) is 0 Å². The number of phenols is 1. The third-order valence-electron chi connectivity index (χ3n) is 1.57. The first kappa shape index (κ1) is 8.46. The van der Waals surface area contributed by atoms with Crippen LogP contribution in [0.3, 0.4) is 0 Å². The highest BCUT2D eigenvalue weighted by atomic mass is 16.3. The lowest BCUT2D eigenvalue weighted by atomic mass is 10.1. The number of phenolic OH excluding ortho intramolecular Hbond substituents is 1. The summed E-state index contributed by atoms with van der Waals surface area (Å²) in [5.74, 6) is 0.154. The van der Waals surface area contributed by atoms with Crippen molar-refractivity contribution in [3.8, 4) is 5.75 Å². The third-order valence-corrected chi connectivity index (χ3v) is 1.57. The molecule has 1 rings (SSSR count). The second kappa shape index (κ2) is 3.67. The van der Waals surface area contributed by atoms with Crippen LogP contribution in [0, 0.1) is 5.53 Å². The molecule has 0 aromatic heterocycles. The van der Waals surface area contributed by atoms with Gasteiger partial charge in [0, 0.05) is 5.56 Å². The molecule has 0 spiro atoms. The standard InChI is InChI=1S/C9H10N2O/c1-2-8(11-10)7-5-3-4-6-9(7)12/h2-6,10,12H,1H3/b8-2-,11-10?. The van der Waals surface area contributed by atoms with E-state index in [-0.39, 0.29) is 5.75 Å². The molecule has 0 unspecified atom stereocenters. The van der Waals surface area contributed by atoms with Crippen molar-refractivity contribution in [3.63, 3.8) is 0 Å². The number of hydrogen-bond donors (Lipinski definition) is 2. The van der Waals surface area contributed by atoms with Crippen LogP contribution in [0.4, 0.5) is 0 Å². The molecule has 0 atom stereocenters. The Morgan fingerprint density at radius 3 is 2.67 bits per heavy atom. The minimum absolute atomic E-state index is 0.154. The van der Waals surface area contributed by atoms with Gasteiger partial charge in [0.15, 0.2) is 0 Å². The van der Waals surface area contributed by atoms with Crippen LogP contribution < -0.4 is 0 Å². The predicted octanol–water partition coefficient (Wildman–Crippen LogP) is 2.78. The summed E-state index contributed by atoms with van der Waals surface area (Å²) in [6.45, 7) is 1.78. The Kier molecular flexibility index (Phi) is 2.58. The highest BCUT2D eigenvalue weighted by Crippen LogP contribution is 2.24. The Morgan fingerprint density at radius 2 is 2.17 bits per heavy atom. The van der Waals surface area contributed by atoms with E-state index in [9.17, 15) is 5.11 Å². The number of nitrogens with zero attached hydrogens (tertiary/aromatic N) is 1. The molecule has 0 bridgehead atoms. The van der Waals surface area contributed by atoms with Gasteiger partial charge in [-0.25, -0.2) is 5.53 Å². The number of rotatable bonds is 2. The molecule has 0 heterocycles. The van der Waals surface area contributed by atoms with Gasteiger partial charge in [0.1, 0.15) is 5.75 Å². The summed E-state index contributed by atoms with van der Waals surface area (Å²) in [4.78, 5) is 0. The first-order chi connectivity index (χ1) is 5.79. The Balaban J connectivity index is 3.18. The fourth-order valence-electron chi connectivity index (χ4n) is 0.971. The van der Waals surface area contributed by atoms with Crippen LogP contribution in [0.25, 0.3) is 5.70 Å². The summed E-state index contributed by atoms with van der Waals surface area (Å²) in [6, 6.07) is 6.83. The number of allylic oxidation sites excluding steroid dienone is 1. The average molecular weight is 162 g/mol. The maximum atomic E-state index is 9.36. The molecule has 0 saturated heterocycles. The molecule has 3 nitrogen and oxygen atoms in total. The quantitative estimate of drug-likeness (QED) is 0.645. The van der Waals surface area contributed by atoms with Crippen LogP contribution in [0.15, 0.2) is 35.5 Å². The van der Waals surface area contributed by atoms with Gasteiger partial charge in [0.2, 0.25) is 0 Å². The third kappa shape index (κ3) is 1.50. The minimum atomic E-state index is 0.154. The maximum absolute atomic E-state index is 9.36. The van der Waals surface area contributed by atoms with Crippen molar-refractivity contribution in [2.24, 2.45) is 5.11 Å². The molecule has 3 heteroatoms. The smallest absolute Gasteiger partial charge is 0.125 e. The zero-order valence-corrected chi connectivity index (χ0v) is 6.78. The van der Waals surface area contributed by atoms with Crippen molar-refractivity contribution >= 4 is 5.70 Å². The molecule has 0 aliphatic heterocycles. The van der Waals surface area contributed by atoms with Gasteiger partial charge in [-0.05, 0) is 19.1 Å². The maximum Gasteiger partial charge on any atom is 0.125 e. The molecule has 0 radical (unpaired) electrons. The first-order valence-electron chi connectivity index (χ1n) is 3.61. The SMILES string of the molecule is C/C=C(\N=N)c1ccccc1O. The zero-order valence-electron chi connectivity index (χ0n) is 6.78. The Bertz CT molecular complexity index is 318. The van der Waals surface area contributed by atoms with Crippen LogP contribution in [0.2, 0.25) is 0 Å². The zero-order chi connectivity index (χ0) is 8.97. The van der Waals surface area contributed by atoms with E-state index >= 15 is 0 Å². The van der Waals surface area contributed by atoms with E-state index in [1.807, 2.05) is 0 Å². The second-order valence-corrected chi connectivity index (χ2v) is 2.30. The molecule has 0 aliphatic carbocycles. The fourth-order valence-corrected chi connectivity index (χ4v) is 0.971. The van der Waals surface area contributed by atoms with Gasteiger partial charge in [-0.1, -0.05) is 18.2 Å². The van der Waals surface area contributed by atoms with E-state index in [4.69, 9.17) is 5.53 Å². The van der Waals surface area contributed by atoms with E-state index in [0.29, 0.717) is 11.3 Å². The number of aromatic hydroxyl groups is 1. The Hall–Kier alpha value is -1.64. The normalized spacial score (nSPS) is 11.2. The molecule has 1 aromatic rings. The number of hydrogen-bond acceptors (Lipinski definition) is 3. The van der Waals surface area contributed by atoms with E-state index in [1.165, 1.54) is 0 Å². The molecular formula is C9H10N2O. The Labute approximate surface area is 70.9 Å². The molecular weight excluding hydrogens is 152 g/mol. The number of para-hydroxylation sites is 1. The van der Waals surface area contributed by atoms with E-state index in [1.54, 1.807) is 37.3 Å². The minimum Gasteiger partial charge on any atom is -0.507 e. The summed E-state index contributed by atoms with van der Waals surface area (Å²) in [5, 5.41) is 12.6. The van der Waals surface area contributed by atoms with Crippen LogP contribution in [-0.4, -0.2) is 5.11 Å². The fraction of sp³-hybridized carbons (Fsp3) is 0.111. The summed E-state index contributed by atoms with van der Waals surface area (Å²) >= 11 is 0. The topological polar surface area (TPSA) is 56.4 Å². The summed E-state index contributed by atoms with van der Waals surface area (Å²) in [6.07, 6.45) is 1.68. The first-order valence-corrected chi connectivity index (χ1v) is 3.61. The van der Waals surface area contributed by atoms with Gasteiger partial charge in [0.05, 0.1) is 5.70 Å². The highest BCUT2D eigenvalue weighted by molar-refractivity contribution is 5.68. The lowest BCUT2D eigenvalue weighted by Gasteiger charge is -2.01. The van der Waals surface area contributed by atoms with Crippen LogP contribution in [0.1, 0.15) is 12.5 Å².